The number of rotatable bonds is 1. The quantitative estimate of drug-likeness (QED) is 0.533. The second kappa shape index (κ2) is 4.52. The summed E-state index contributed by atoms with van der Waals surface area (Å²) in [5, 5.41) is 20.0. The monoisotopic (exact) mass is 310 g/mol. The van der Waals surface area contributed by atoms with Gasteiger partial charge in [-0.2, -0.15) is 0 Å². The first-order valence-electron chi connectivity index (χ1n) is 7.22. The standard InChI is InChI=1S/C18H14O5/c1-8(2)14-7-11-13(22-14)4-3-10-17(21)16-12(20)5-9(19)6-15(16)23-18(10)11/h3-6,14,19-20H,1,7H2,2H3/t14-/m1/s1. The number of fused-ring (bicyclic) bond motifs is 4. The van der Waals surface area contributed by atoms with Crippen LogP contribution in [0.2, 0.25) is 0 Å². The molecule has 2 N–H and O–H groups in total. The highest BCUT2D eigenvalue weighted by Crippen LogP contribution is 2.38. The molecule has 0 bridgehead atoms. The van der Waals surface area contributed by atoms with Gasteiger partial charge in [0.05, 0.1) is 5.39 Å². The lowest BCUT2D eigenvalue weighted by molar-refractivity contribution is 0.271. The average Bonchev–Trinajstić information content (AvgIpc) is 2.91. The number of phenolic OH excluding ortho intramolecular Hbond substituents is 2. The van der Waals surface area contributed by atoms with E-state index in [0.29, 0.717) is 23.1 Å². The van der Waals surface area contributed by atoms with Crippen molar-refractivity contribution < 1.29 is 19.4 Å². The van der Waals surface area contributed by atoms with Gasteiger partial charge in [0.15, 0.2) is 0 Å². The first-order valence-corrected chi connectivity index (χ1v) is 7.22. The Morgan fingerprint density at radius 2 is 2.09 bits per heavy atom. The van der Waals surface area contributed by atoms with Gasteiger partial charge >= 0.3 is 0 Å². The van der Waals surface area contributed by atoms with Crippen LogP contribution in [0.4, 0.5) is 0 Å². The molecule has 1 atom stereocenters. The van der Waals surface area contributed by atoms with Crippen LogP contribution in [0.25, 0.3) is 21.9 Å². The van der Waals surface area contributed by atoms with Crippen LogP contribution >= 0.6 is 0 Å². The fourth-order valence-electron chi connectivity index (χ4n) is 3.00. The van der Waals surface area contributed by atoms with E-state index in [9.17, 15) is 15.0 Å². The molecule has 1 aromatic heterocycles. The van der Waals surface area contributed by atoms with Crippen LogP contribution < -0.4 is 10.2 Å². The van der Waals surface area contributed by atoms with Gasteiger partial charge in [0.2, 0.25) is 5.43 Å². The molecule has 1 aliphatic heterocycles. The van der Waals surface area contributed by atoms with Gasteiger partial charge in [-0.15, -0.1) is 0 Å². The van der Waals surface area contributed by atoms with Crippen molar-refractivity contribution in [2.24, 2.45) is 0 Å². The van der Waals surface area contributed by atoms with Crippen molar-refractivity contribution in [3.63, 3.8) is 0 Å². The first-order chi connectivity index (χ1) is 11.0. The van der Waals surface area contributed by atoms with Gasteiger partial charge in [0, 0.05) is 24.1 Å². The molecule has 3 aromatic rings. The molecule has 0 amide bonds. The molecule has 23 heavy (non-hydrogen) atoms. The Morgan fingerprint density at radius 3 is 2.83 bits per heavy atom. The van der Waals surface area contributed by atoms with Gasteiger partial charge < -0.3 is 19.4 Å². The van der Waals surface area contributed by atoms with E-state index in [0.717, 1.165) is 17.2 Å². The maximum Gasteiger partial charge on any atom is 0.204 e. The maximum atomic E-state index is 12.7. The molecule has 1 aliphatic rings. The summed E-state index contributed by atoms with van der Waals surface area (Å²) in [6, 6.07) is 5.81. The smallest absolute Gasteiger partial charge is 0.204 e. The highest BCUT2D eigenvalue weighted by molar-refractivity contribution is 5.95. The van der Waals surface area contributed by atoms with Crippen LogP contribution in [-0.2, 0) is 6.42 Å². The van der Waals surface area contributed by atoms with Crippen molar-refractivity contribution in [3.8, 4) is 17.2 Å². The highest BCUT2D eigenvalue weighted by Gasteiger charge is 2.27. The number of phenols is 2. The Labute approximate surface area is 131 Å². The molecule has 0 spiro atoms. The van der Waals surface area contributed by atoms with E-state index in [-0.39, 0.29) is 34.0 Å². The molecule has 116 valence electrons. The van der Waals surface area contributed by atoms with Crippen LogP contribution in [0, 0.1) is 0 Å². The van der Waals surface area contributed by atoms with Gasteiger partial charge in [-0.05, 0) is 24.6 Å². The molecule has 2 heterocycles. The van der Waals surface area contributed by atoms with Gasteiger partial charge in [-0.25, -0.2) is 0 Å². The minimum absolute atomic E-state index is 0.0608. The first kappa shape index (κ1) is 13.7. The van der Waals surface area contributed by atoms with Crippen molar-refractivity contribution in [1.82, 2.24) is 0 Å². The molecule has 4 rings (SSSR count). The predicted molar refractivity (Wildman–Crippen MR) is 86.3 cm³/mol. The van der Waals surface area contributed by atoms with E-state index in [4.69, 9.17) is 9.15 Å². The van der Waals surface area contributed by atoms with E-state index in [2.05, 4.69) is 6.58 Å². The summed E-state index contributed by atoms with van der Waals surface area (Å²) in [6.45, 7) is 5.80. The molecule has 0 saturated heterocycles. The van der Waals surface area contributed by atoms with Crippen LogP contribution in [0.3, 0.4) is 0 Å². The summed E-state index contributed by atoms with van der Waals surface area (Å²) in [5.74, 6) is 0.200. The predicted octanol–water partition coefficient (Wildman–Crippen LogP) is 3.24. The van der Waals surface area contributed by atoms with Gasteiger partial charge in [0.1, 0.15) is 39.9 Å². The van der Waals surface area contributed by atoms with E-state index >= 15 is 0 Å². The number of ether oxygens (including phenoxy) is 1. The number of hydrogen-bond acceptors (Lipinski definition) is 5. The lowest BCUT2D eigenvalue weighted by Gasteiger charge is -2.08. The topological polar surface area (TPSA) is 79.9 Å². The Balaban J connectivity index is 2.09. The molecule has 0 aliphatic carbocycles. The summed E-state index contributed by atoms with van der Waals surface area (Å²) >= 11 is 0. The lowest BCUT2D eigenvalue weighted by atomic mass is 10.0. The molecule has 0 radical (unpaired) electrons. The summed E-state index contributed by atoms with van der Waals surface area (Å²) in [4.78, 5) is 12.7. The summed E-state index contributed by atoms with van der Waals surface area (Å²) in [7, 11) is 0. The van der Waals surface area contributed by atoms with Crippen molar-refractivity contribution in [3.05, 3.63) is 52.2 Å². The van der Waals surface area contributed by atoms with Crippen molar-refractivity contribution in [1.29, 1.82) is 0 Å². The Bertz CT molecular complexity index is 1040. The fraction of sp³-hybridized carbons (Fsp3) is 0.167. The average molecular weight is 310 g/mol. The van der Waals surface area contributed by atoms with Crippen molar-refractivity contribution in [2.75, 3.05) is 0 Å². The van der Waals surface area contributed by atoms with E-state index in [1.807, 2.05) is 6.92 Å². The minimum Gasteiger partial charge on any atom is -0.508 e. The lowest BCUT2D eigenvalue weighted by Crippen LogP contribution is -2.13. The summed E-state index contributed by atoms with van der Waals surface area (Å²) in [6.07, 6.45) is 0.426. The molecular formula is C18H14O5. The van der Waals surface area contributed by atoms with E-state index in [1.54, 1.807) is 12.1 Å². The Kier molecular flexibility index (Phi) is 2.69. The molecule has 5 nitrogen and oxygen atoms in total. The molecular weight excluding hydrogens is 296 g/mol. The number of benzene rings is 2. The van der Waals surface area contributed by atoms with Crippen LogP contribution in [-0.4, -0.2) is 16.3 Å². The minimum atomic E-state index is -0.333. The zero-order valence-electron chi connectivity index (χ0n) is 12.4. The van der Waals surface area contributed by atoms with Gasteiger partial charge in [0.25, 0.3) is 0 Å². The molecule has 2 aromatic carbocycles. The zero-order valence-corrected chi connectivity index (χ0v) is 12.4. The van der Waals surface area contributed by atoms with E-state index in [1.165, 1.54) is 6.07 Å². The third-order valence-electron chi connectivity index (χ3n) is 4.18. The molecule has 0 saturated carbocycles. The third kappa shape index (κ3) is 1.90. The normalized spacial score (nSPS) is 16.5. The number of aromatic hydroxyl groups is 2. The molecule has 5 heteroatoms. The second-order valence-corrected chi connectivity index (χ2v) is 5.85. The van der Waals surface area contributed by atoms with Gasteiger partial charge in [-0.1, -0.05) is 6.58 Å². The van der Waals surface area contributed by atoms with Crippen LogP contribution in [0.5, 0.6) is 17.2 Å². The SMILES string of the molecule is C=C(C)[C@H]1Cc2c(ccc3c(=O)c4c(O)cc(O)cc4oc23)O1. The van der Waals surface area contributed by atoms with Crippen molar-refractivity contribution >= 4 is 21.9 Å². The van der Waals surface area contributed by atoms with Gasteiger partial charge in [-0.3, -0.25) is 4.79 Å². The molecule has 0 unspecified atom stereocenters. The Hall–Kier alpha value is -2.95. The molecule has 0 fully saturated rings. The van der Waals surface area contributed by atoms with Crippen LogP contribution in [0.1, 0.15) is 12.5 Å². The Morgan fingerprint density at radius 1 is 1.30 bits per heavy atom. The maximum absolute atomic E-state index is 12.7. The largest absolute Gasteiger partial charge is 0.508 e. The second-order valence-electron chi connectivity index (χ2n) is 5.85. The highest BCUT2D eigenvalue weighted by atomic mass is 16.5. The summed E-state index contributed by atoms with van der Waals surface area (Å²) in [5.41, 5.74) is 1.94. The summed E-state index contributed by atoms with van der Waals surface area (Å²) < 4.78 is 11.6. The fourth-order valence-corrected chi connectivity index (χ4v) is 3.00. The third-order valence-corrected chi connectivity index (χ3v) is 4.18. The van der Waals surface area contributed by atoms with Crippen LogP contribution in [0.15, 0.2) is 45.6 Å². The van der Waals surface area contributed by atoms with E-state index < -0.39 is 0 Å². The number of hydrogen-bond donors (Lipinski definition) is 2. The zero-order chi connectivity index (χ0) is 16.3. The van der Waals surface area contributed by atoms with Crippen molar-refractivity contribution in [2.45, 2.75) is 19.4 Å².